The maximum atomic E-state index is 14.7. The van der Waals surface area contributed by atoms with Crippen molar-refractivity contribution < 1.29 is 99.3 Å². The molecule has 0 amide bonds. The molecule has 4 saturated carbocycles. The van der Waals surface area contributed by atoms with Crippen LogP contribution in [0.4, 0.5) is 0 Å². The molecule has 24 atom stereocenters. The number of aliphatic hydroxyl groups is 11. The number of fused-ring (bicyclic) bond motifs is 7. The zero-order chi connectivity index (χ0) is 49.8. The maximum Gasteiger partial charge on any atom is 0.335 e. The molecular formula is C48H76O20. The standard InChI is InChI=1S/C48H76O20/c1-43(2)13-15-48(42(62)68-40-35(59)31(55)29(53)24(19-50)64-40)16-14-46(5)21(22(48)17-43)7-8-26-44(3)11-10-27(45(4,20-51)25(44)9-12-47(26,46)6)65-41-37(33(57)32(56)36(66-41)38(60)61)67-39-34(58)30(54)28(52)23(18-49)63-39/h7,22-37,39-41,49-59H,8-20H2,1-6H3,(H,60,61). The van der Waals surface area contributed by atoms with Gasteiger partial charge in [0.05, 0.1) is 31.3 Å². The molecule has 12 N–H and O–H groups in total. The van der Waals surface area contributed by atoms with Crippen molar-refractivity contribution >= 4 is 11.9 Å². The van der Waals surface area contributed by atoms with Crippen molar-refractivity contribution in [3.05, 3.63) is 11.6 Å². The molecule has 0 aromatic heterocycles. The monoisotopic (exact) mass is 972 g/mol. The highest BCUT2D eigenvalue weighted by molar-refractivity contribution is 5.79. The molecular weight excluding hydrogens is 897 g/mol. The van der Waals surface area contributed by atoms with Gasteiger partial charge in [-0.15, -0.1) is 0 Å². The Morgan fingerprint density at radius 1 is 0.647 bits per heavy atom. The van der Waals surface area contributed by atoms with Gasteiger partial charge in [-0.1, -0.05) is 53.2 Å². The zero-order valence-corrected chi connectivity index (χ0v) is 39.9. The van der Waals surface area contributed by atoms with Crippen LogP contribution in [0.5, 0.6) is 0 Å². The SMILES string of the molecule is CC1(C)CCC2(C(=O)OC3OC(CO)C(O)C(O)C3O)CCC3(C)C(=CCC4C5(C)CCC(OC6OC(C(=O)O)C(O)C(O)C6OC6OC(CO)C(O)C(O)C6O)C(C)(CO)C5CCC43C)C2C1. The van der Waals surface area contributed by atoms with E-state index in [-0.39, 0.29) is 46.0 Å². The quantitative estimate of drug-likeness (QED) is 0.0725. The van der Waals surface area contributed by atoms with E-state index in [1.807, 2.05) is 6.92 Å². The average Bonchev–Trinajstić information content (AvgIpc) is 3.29. The number of aliphatic carboxylic acids is 1. The van der Waals surface area contributed by atoms with Crippen LogP contribution in [-0.4, -0.2) is 191 Å². The first-order valence-electron chi connectivity index (χ1n) is 24.5. The Labute approximate surface area is 396 Å². The Balaban J connectivity index is 1.07. The minimum atomic E-state index is -2.03. The largest absolute Gasteiger partial charge is 0.479 e. The number of ether oxygens (including phenoxy) is 6. The number of hydrogen-bond acceptors (Lipinski definition) is 19. The minimum absolute atomic E-state index is 0.0982. The van der Waals surface area contributed by atoms with E-state index < -0.39 is 134 Å². The van der Waals surface area contributed by atoms with E-state index in [4.69, 9.17) is 28.4 Å². The summed E-state index contributed by atoms with van der Waals surface area (Å²) in [5.74, 6) is -2.40. The van der Waals surface area contributed by atoms with Crippen LogP contribution in [0, 0.1) is 50.2 Å². The molecule has 24 unspecified atom stereocenters. The topological polar surface area (TPSA) is 332 Å². The first-order valence-corrected chi connectivity index (χ1v) is 24.5. The van der Waals surface area contributed by atoms with Crippen LogP contribution in [0.3, 0.4) is 0 Å². The highest BCUT2D eigenvalue weighted by Crippen LogP contribution is 2.76. The molecule has 20 heteroatoms. The van der Waals surface area contributed by atoms with Gasteiger partial charge < -0.3 is 89.7 Å². The molecule has 0 radical (unpaired) electrons. The third-order valence-corrected chi connectivity index (χ3v) is 19.4. The van der Waals surface area contributed by atoms with Crippen molar-refractivity contribution in [3.63, 3.8) is 0 Å². The summed E-state index contributed by atoms with van der Waals surface area (Å²) < 4.78 is 35.5. The van der Waals surface area contributed by atoms with Crippen molar-refractivity contribution in [2.24, 2.45) is 50.2 Å². The molecule has 8 rings (SSSR count). The summed E-state index contributed by atoms with van der Waals surface area (Å²) in [5, 5.41) is 127. The molecule has 7 fully saturated rings. The normalized spacial score (nSPS) is 53.4. The van der Waals surface area contributed by atoms with Gasteiger partial charge in [-0.05, 0) is 104 Å². The average molecular weight is 973 g/mol. The summed E-state index contributed by atoms with van der Waals surface area (Å²) in [6.07, 6.45) is -18.1. The predicted molar refractivity (Wildman–Crippen MR) is 232 cm³/mol. The lowest BCUT2D eigenvalue weighted by Crippen LogP contribution is -2.68. The van der Waals surface area contributed by atoms with E-state index in [9.17, 15) is 70.9 Å². The molecule has 5 aliphatic carbocycles. The van der Waals surface area contributed by atoms with Crippen LogP contribution in [0.15, 0.2) is 11.6 Å². The second kappa shape index (κ2) is 18.5. The highest BCUT2D eigenvalue weighted by atomic mass is 16.8. The van der Waals surface area contributed by atoms with E-state index in [1.54, 1.807) is 0 Å². The number of carbonyl (C=O) groups excluding carboxylic acids is 1. The lowest BCUT2D eigenvalue weighted by atomic mass is 9.33. The van der Waals surface area contributed by atoms with Gasteiger partial charge in [0.2, 0.25) is 6.29 Å². The first-order chi connectivity index (χ1) is 31.8. The van der Waals surface area contributed by atoms with Crippen molar-refractivity contribution in [2.75, 3.05) is 19.8 Å². The van der Waals surface area contributed by atoms with Gasteiger partial charge in [0.1, 0.15) is 67.1 Å². The number of carbonyl (C=O) groups is 2. The van der Waals surface area contributed by atoms with Gasteiger partial charge in [-0.3, -0.25) is 4.79 Å². The summed E-state index contributed by atoms with van der Waals surface area (Å²) in [7, 11) is 0. The van der Waals surface area contributed by atoms with Crippen LogP contribution in [0.2, 0.25) is 0 Å². The molecule has 0 aromatic rings. The van der Waals surface area contributed by atoms with Gasteiger partial charge >= 0.3 is 11.9 Å². The van der Waals surface area contributed by atoms with Crippen LogP contribution in [0.1, 0.15) is 106 Å². The Bertz CT molecular complexity index is 1900. The second-order valence-electron chi connectivity index (χ2n) is 23.3. The van der Waals surface area contributed by atoms with Crippen LogP contribution < -0.4 is 0 Å². The molecule has 3 aliphatic heterocycles. The first kappa shape index (κ1) is 52.4. The number of rotatable bonds is 10. The fourth-order valence-electron chi connectivity index (χ4n) is 15.0. The van der Waals surface area contributed by atoms with Gasteiger partial charge in [0.15, 0.2) is 18.7 Å². The molecule has 0 aromatic carbocycles. The van der Waals surface area contributed by atoms with Crippen molar-refractivity contribution in [2.45, 2.75) is 204 Å². The molecule has 0 bridgehead atoms. The third kappa shape index (κ3) is 8.03. The van der Waals surface area contributed by atoms with E-state index in [2.05, 4.69) is 40.7 Å². The van der Waals surface area contributed by atoms with Crippen LogP contribution >= 0.6 is 0 Å². The minimum Gasteiger partial charge on any atom is -0.479 e. The molecule has 388 valence electrons. The Kier molecular flexibility index (Phi) is 14.3. The molecule has 3 saturated heterocycles. The van der Waals surface area contributed by atoms with Crippen molar-refractivity contribution in [1.29, 1.82) is 0 Å². The van der Waals surface area contributed by atoms with Crippen molar-refractivity contribution in [3.8, 4) is 0 Å². The van der Waals surface area contributed by atoms with E-state index >= 15 is 0 Å². The van der Waals surface area contributed by atoms with Gasteiger partial charge in [0, 0.05) is 5.41 Å². The number of allylic oxidation sites excluding steroid dienone is 2. The van der Waals surface area contributed by atoms with E-state index in [0.29, 0.717) is 51.4 Å². The predicted octanol–water partition coefficient (Wildman–Crippen LogP) is -0.795. The summed E-state index contributed by atoms with van der Waals surface area (Å²) >= 11 is 0. The molecule has 3 heterocycles. The fraction of sp³-hybridized carbons (Fsp3) is 0.917. The molecule has 20 nitrogen and oxygen atoms in total. The number of hydrogen-bond donors (Lipinski definition) is 12. The summed E-state index contributed by atoms with van der Waals surface area (Å²) in [4.78, 5) is 27.0. The van der Waals surface area contributed by atoms with Crippen molar-refractivity contribution in [1.82, 2.24) is 0 Å². The Morgan fingerprint density at radius 3 is 1.85 bits per heavy atom. The second-order valence-corrected chi connectivity index (χ2v) is 23.3. The smallest absolute Gasteiger partial charge is 0.335 e. The Morgan fingerprint density at radius 2 is 1.25 bits per heavy atom. The number of esters is 1. The summed E-state index contributed by atoms with van der Waals surface area (Å²) in [5.41, 5.74) is -1.87. The van der Waals surface area contributed by atoms with Gasteiger partial charge in [-0.2, -0.15) is 0 Å². The van der Waals surface area contributed by atoms with E-state index in [0.717, 1.165) is 12.8 Å². The Hall–Kier alpha value is -1.96. The van der Waals surface area contributed by atoms with Gasteiger partial charge in [-0.25, -0.2) is 4.79 Å². The van der Waals surface area contributed by atoms with Gasteiger partial charge in [0.25, 0.3) is 0 Å². The summed E-state index contributed by atoms with van der Waals surface area (Å²) in [6, 6.07) is 0. The summed E-state index contributed by atoms with van der Waals surface area (Å²) in [6.45, 7) is 11.5. The fourth-order valence-corrected chi connectivity index (χ4v) is 15.0. The van der Waals surface area contributed by atoms with E-state index in [1.165, 1.54) is 5.57 Å². The lowest BCUT2D eigenvalue weighted by molar-refractivity contribution is -0.375. The molecule has 0 spiro atoms. The third-order valence-electron chi connectivity index (χ3n) is 19.4. The maximum absolute atomic E-state index is 14.7. The number of carboxylic acids is 1. The van der Waals surface area contributed by atoms with Crippen LogP contribution in [0.25, 0.3) is 0 Å². The highest BCUT2D eigenvalue weighted by Gasteiger charge is 2.71. The molecule has 68 heavy (non-hydrogen) atoms. The van der Waals surface area contributed by atoms with Crippen LogP contribution in [-0.2, 0) is 38.0 Å². The number of aliphatic hydroxyl groups excluding tert-OH is 11. The number of carboxylic acid groups (broad SMARTS) is 1. The zero-order valence-electron chi connectivity index (χ0n) is 39.9. The lowest BCUT2D eigenvalue weighted by Gasteiger charge is -2.71. The molecule has 8 aliphatic rings.